The lowest BCUT2D eigenvalue weighted by atomic mass is 9.92. The average Bonchev–Trinajstić information content (AvgIpc) is 2.90. The van der Waals surface area contributed by atoms with Crippen molar-refractivity contribution in [2.45, 2.75) is 18.2 Å². The zero-order valence-corrected chi connectivity index (χ0v) is 12.4. The number of aryl methyl sites for hydroxylation is 1. The predicted octanol–water partition coefficient (Wildman–Crippen LogP) is 4.46. The Labute approximate surface area is 124 Å². The summed E-state index contributed by atoms with van der Waals surface area (Å²) in [7, 11) is 1.68. The van der Waals surface area contributed by atoms with Crippen molar-refractivity contribution in [3.05, 3.63) is 59.2 Å². The summed E-state index contributed by atoms with van der Waals surface area (Å²) in [5.74, 6) is 1.93. The van der Waals surface area contributed by atoms with Crippen molar-refractivity contribution >= 4 is 11.6 Å². The van der Waals surface area contributed by atoms with Gasteiger partial charge in [0.15, 0.2) is 0 Å². The molecule has 3 heteroatoms. The van der Waals surface area contributed by atoms with Crippen molar-refractivity contribution in [1.82, 2.24) is 0 Å². The number of rotatable bonds is 3. The van der Waals surface area contributed by atoms with Crippen molar-refractivity contribution in [3.63, 3.8) is 0 Å². The van der Waals surface area contributed by atoms with Crippen LogP contribution in [0, 0.1) is 6.92 Å². The Morgan fingerprint density at radius 1 is 1.25 bits per heavy atom. The predicted molar refractivity (Wildman–Crippen MR) is 81.0 cm³/mol. The Balaban J connectivity index is 1.98. The minimum Gasteiger partial charge on any atom is -0.496 e. The van der Waals surface area contributed by atoms with E-state index < -0.39 is 0 Å². The second-order valence-electron chi connectivity index (χ2n) is 5.10. The molecule has 0 bridgehead atoms. The summed E-state index contributed by atoms with van der Waals surface area (Å²) in [6.07, 6.45) is 0. The van der Waals surface area contributed by atoms with E-state index in [0.717, 1.165) is 17.1 Å². The molecule has 1 aliphatic heterocycles. The fraction of sp³-hybridized carbons (Fsp3) is 0.294. The van der Waals surface area contributed by atoms with Gasteiger partial charge in [-0.25, -0.2) is 0 Å². The summed E-state index contributed by atoms with van der Waals surface area (Å²) in [5.41, 5.74) is 3.38. The number of alkyl halides is 1. The number of halogens is 1. The molecule has 104 valence electrons. The van der Waals surface area contributed by atoms with Crippen LogP contribution in [0.4, 0.5) is 0 Å². The number of ether oxygens (including phenoxy) is 2. The SMILES string of the molecule is COc1ccc(C)cc1C(Cl)C1COc2ccccc21. The average molecular weight is 289 g/mol. The molecule has 2 aromatic rings. The molecule has 0 saturated carbocycles. The molecule has 0 saturated heterocycles. The fourth-order valence-corrected chi connectivity index (χ4v) is 3.09. The summed E-state index contributed by atoms with van der Waals surface area (Å²) >= 11 is 6.74. The molecule has 2 atom stereocenters. The smallest absolute Gasteiger partial charge is 0.123 e. The van der Waals surface area contributed by atoms with E-state index >= 15 is 0 Å². The third-order valence-electron chi connectivity index (χ3n) is 3.77. The Morgan fingerprint density at radius 3 is 2.85 bits per heavy atom. The number of hydrogen-bond acceptors (Lipinski definition) is 2. The second kappa shape index (κ2) is 5.37. The number of benzene rings is 2. The van der Waals surface area contributed by atoms with Gasteiger partial charge in [0, 0.05) is 17.0 Å². The molecule has 20 heavy (non-hydrogen) atoms. The molecule has 2 nitrogen and oxygen atoms in total. The van der Waals surface area contributed by atoms with Crippen LogP contribution in [0.3, 0.4) is 0 Å². The van der Waals surface area contributed by atoms with Crippen LogP contribution in [0.25, 0.3) is 0 Å². The van der Waals surface area contributed by atoms with Gasteiger partial charge in [-0.3, -0.25) is 0 Å². The van der Waals surface area contributed by atoms with Crippen molar-refractivity contribution < 1.29 is 9.47 Å². The van der Waals surface area contributed by atoms with Gasteiger partial charge in [-0.2, -0.15) is 0 Å². The molecule has 2 aromatic carbocycles. The summed E-state index contributed by atoms with van der Waals surface area (Å²) in [6, 6.07) is 14.2. The van der Waals surface area contributed by atoms with Crippen molar-refractivity contribution in [1.29, 1.82) is 0 Å². The van der Waals surface area contributed by atoms with E-state index in [9.17, 15) is 0 Å². The Bertz CT molecular complexity index is 624. The van der Waals surface area contributed by atoms with Gasteiger partial charge in [0.25, 0.3) is 0 Å². The van der Waals surface area contributed by atoms with Gasteiger partial charge in [-0.1, -0.05) is 35.9 Å². The standard InChI is InChI=1S/C17H17ClO2/c1-11-7-8-15(19-2)13(9-11)17(18)14-10-20-16-6-4-3-5-12(14)16/h3-9,14,17H,10H2,1-2H3. The highest BCUT2D eigenvalue weighted by atomic mass is 35.5. The van der Waals surface area contributed by atoms with Crippen LogP contribution in [0.15, 0.2) is 42.5 Å². The molecule has 0 spiro atoms. The molecule has 0 aliphatic carbocycles. The highest BCUT2D eigenvalue weighted by molar-refractivity contribution is 6.21. The van der Waals surface area contributed by atoms with E-state index in [1.54, 1.807) is 7.11 Å². The van der Waals surface area contributed by atoms with Gasteiger partial charge in [0.05, 0.1) is 19.1 Å². The molecular weight excluding hydrogens is 272 g/mol. The first-order valence-corrected chi connectivity index (χ1v) is 7.14. The first-order chi connectivity index (χ1) is 9.70. The van der Waals surface area contributed by atoms with Gasteiger partial charge in [-0.05, 0) is 19.1 Å². The molecule has 1 heterocycles. The van der Waals surface area contributed by atoms with Crippen LogP contribution in [0.2, 0.25) is 0 Å². The Hall–Kier alpha value is -1.67. The van der Waals surface area contributed by atoms with Crippen molar-refractivity contribution in [2.24, 2.45) is 0 Å². The summed E-state index contributed by atoms with van der Waals surface area (Å²) in [5, 5.41) is -0.159. The monoisotopic (exact) mass is 288 g/mol. The number of hydrogen-bond donors (Lipinski definition) is 0. The van der Waals surface area contributed by atoms with Gasteiger partial charge < -0.3 is 9.47 Å². The minimum atomic E-state index is -0.159. The Morgan fingerprint density at radius 2 is 2.05 bits per heavy atom. The summed E-state index contributed by atoms with van der Waals surface area (Å²) in [4.78, 5) is 0. The quantitative estimate of drug-likeness (QED) is 0.776. The molecular formula is C17H17ClO2. The zero-order chi connectivity index (χ0) is 14.1. The molecule has 2 unspecified atom stereocenters. The maximum absolute atomic E-state index is 6.74. The fourth-order valence-electron chi connectivity index (χ4n) is 2.72. The van der Waals surface area contributed by atoms with Crippen LogP contribution >= 0.6 is 11.6 Å². The van der Waals surface area contributed by atoms with Crippen LogP contribution in [0.5, 0.6) is 11.5 Å². The minimum absolute atomic E-state index is 0.156. The number of para-hydroxylation sites is 1. The lowest BCUT2D eigenvalue weighted by Crippen LogP contribution is -2.09. The number of fused-ring (bicyclic) bond motifs is 1. The molecule has 1 aliphatic rings. The third-order valence-corrected chi connectivity index (χ3v) is 4.31. The lowest BCUT2D eigenvalue weighted by molar-refractivity contribution is 0.326. The van der Waals surface area contributed by atoms with E-state index in [1.807, 2.05) is 30.3 Å². The number of methoxy groups -OCH3 is 1. The lowest BCUT2D eigenvalue weighted by Gasteiger charge is -2.19. The maximum atomic E-state index is 6.74. The van der Waals surface area contributed by atoms with Gasteiger partial charge in [0.2, 0.25) is 0 Å². The van der Waals surface area contributed by atoms with Crippen molar-refractivity contribution in [2.75, 3.05) is 13.7 Å². The molecule has 0 aromatic heterocycles. The van der Waals surface area contributed by atoms with Crippen LogP contribution in [-0.2, 0) is 0 Å². The third kappa shape index (κ3) is 2.25. The molecule has 0 radical (unpaired) electrons. The normalized spacial score (nSPS) is 18.2. The molecule has 0 amide bonds. The highest BCUT2D eigenvalue weighted by Gasteiger charge is 2.32. The highest BCUT2D eigenvalue weighted by Crippen LogP contribution is 2.46. The zero-order valence-electron chi connectivity index (χ0n) is 11.6. The molecule has 0 fully saturated rings. The first kappa shape index (κ1) is 13.3. The second-order valence-corrected chi connectivity index (χ2v) is 5.57. The summed E-state index contributed by atoms with van der Waals surface area (Å²) in [6.45, 7) is 2.68. The van der Waals surface area contributed by atoms with E-state index in [0.29, 0.717) is 6.61 Å². The van der Waals surface area contributed by atoms with E-state index in [-0.39, 0.29) is 11.3 Å². The maximum Gasteiger partial charge on any atom is 0.123 e. The van der Waals surface area contributed by atoms with Gasteiger partial charge >= 0.3 is 0 Å². The van der Waals surface area contributed by atoms with E-state index in [4.69, 9.17) is 21.1 Å². The molecule has 3 rings (SSSR count). The van der Waals surface area contributed by atoms with E-state index in [2.05, 4.69) is 19.1 Å². The van der Waals surface area contributed by atoms with Crippen molar-refractivity contribution in [3.8, 4) is 11.5 Å². The largest absolute Gasteiger partial charge is 0.496 e. The van der Waals surface area contributed by atoms with E-state index in [1.165, 1.54) is 11.1 Å². The summed E-state index contributed by atoms with van der Waals surface area (Å²) < 4.78 is 11.2. The van der Waals surface area contributed by atoms with Gasteiger partial charge in [0.1, 0.15) is 11.5 Å². The first-order valence-electron chi connectivity index (χ1n) is 6.71. The topological polar surface area (TPSA) is 18.5 Å². The van der Waals surface area contributed by atoms with Gasteiger partial charge in [-0.15, -0.1) is 11.6 Å². The Kier molecular flexibility index (Phi) is 3.58. The van der Waals surface area contributed by atoms with Crippen LogP contribution in [0.1, 0.15) is 28.0 Å². The van der Waals surface area contributed by atoms with Crippen LogP contribution in [-0.4, -0.2) is 13.7 Å². The molecule has 0 N–H and O–H groups in total. The van der Waals surface area contributed by atoms with Crippen LogP contribution < -0.4 is 9.47 Å².